The molecular formula is C14H25NO2. The van der Waals surface area contributed by atoms with Gasteiger partial charge in [-0.3, -0.25) is 0 Å². The van der Waals surface area contributed by atoms with Crippen LogP contribution in [-0.2, 0) is 4.74 Å². The molecule has 0 spiro atoms. The summed E-state index contributed by atoms with van der Waals surface area (Å²) in [7, 11) is 0. The van der Waals surface area contributed by atoms with Crippen molar-refractivity contribution in [2.75, 3.05) is 13.1 Å². The van der Waals surface area contributed by atoms with Gasteiger partial charge in [0.25, 0.3) is 0 Å². The Hall–Kier alpha value is -0.990. The van der Waals surface area contributed by atoms with Crippen LogP contribution in [0.4, 0.5) is 4.79 Å². The number of likely N-dealkylation sites (tertiary alicyclic amines) is 1. The highest BCUT2D eigenvalue weighted by molar-refractivity contribution is 5.68. The zero-order valence-electron chi connectivity index (χ0n) is 11.6. The molecule has 98 valence electrons. The molecule has 17 heavy (non-hydrogen) atoms. The molecule has 1 unspecified atom stereocenters. The van der Waals surface area contributed by atoms with E-state index in [2.05, 4.69) is 13.5 Å². The number of carbonyl (C=O) groups is 1. The minimum Gasteiger partial charge on any atom is -0.444 e. The van der Waals surface area contributed by atoms with Crippen LogP contribution in [0.3, 0.4) is 0 Å². The maximum atomic E-state index is 12.0. The summed E-state index contributed by atoms with van der Waals surface area (Å²) in [4.78, 5) is 13.8. The molecule has 1 saturated heterocycles. The lowest BCUT2D eigenvalue weighted by atomic mass is 9.79. The van der Waals surface area contributed by atoms with E-state index < -0.39 is 5.60 Å². The fraction of sp³-hybridized carbons (Fsp3) is 0.786. The third kappa shape index (κ3) is 4.41. The summed E-state index contributed by atoms with van der Waals surface area (Å²) in [6, 6.07) is 0. The van der Waals surface area contributed by atoms with Crippen LogP contribution < -0.4 is 0 Å². The standard InChI is InChI=1S/C14H25NO2/c1-6-8-14(5)9-7-10-15(11-14)12(16)17-13(2,3)4/h6H,1,7-11H2,2-5H3. The highest BCUT2D eigenvalue weighted by Crippen LogP contribution is 2.33. The number of nitrogens with zero attached hydrogens (tertiary/aromatic N) is 1. The van der Waals surface area contributed by atoms with Crippen LogP contribution >= 0.6 is 0 Å². The van der Waals surface area contributed by atoms with Gasteiger partial charge in [0.05, 0.1) is 0 Å². The minimum absolute atomic E-state index is 0.164. The van der Waals surface area contributed by atoms with Crippen molar-refractivity contribution in [1.29, 1.82) is 0 Å². The van der Waals surface area contributed by atoms with Gasteiger partial charge >= 0.3 is 6.09 Å². The maximum Gasteiger partial charge on any atom is 0.410 e. The van der Waals surface area contributed by atoms with Gasteiger partial charge in [-0.05, 0) is 45.4 Å². The summed E-state index contributed by atoms with van der Waals surface area (Å²) >= 11 is 0. The number of piperidine rings is 1. The molecule has 0 N–H and O–H groups in total. The van der Waals surface area contributed by atoms with Crippen molar-refractivity contribution in [3.05, 3.63) is 12.7 Å². The Balaban J connectivity index is 2.60. The van der Waals surface area contributed by atoms with Gasteiger partial charge in [0.15, 0.2) is 0 Å². The summed E-state index contributed by atoms with van der Waals surface area (Å²) in [6.07, 6.45) is 4.90. The van der Waals surface area contributed by atoms with E-state index in [-0.39, 0.29) is 11.5 Å². The van der Waals surface area contributed by atoms with Crippen LogP contribution in [-0.4, -0.2) is 29.7 Å². The second-order valence-electron chi connectivity index (χ2n) is 6.31. The third-order valence-corrected chi connectivity index (χ3v) is 3.07. The molecule has 1 atom stereocenters. The van der Waals surface area contributed by atoms with Crippen molar-refractivity contribution in [1.82, 2.24) is 4.90 Å². The van der Waals surface area contributed by atoms with Crippen LogP contribution in [0.1, 0.15) is 47.0 Å². The highest BCUT2D eigenvalue weighted by atomic mass is 16.6. The molecule has 0 aromatic rings. The second-order valence-corrected chi connectivity index (χ2v) is 6.31. The van der Waals surface area contributed by atoms with Crippen molar-refractivity contribution in [3.63, 3.8) is 0 Å². The van der Waals surface area contributed by atoms with Crippen LogP contribution in [0.15, 0.2) is 12.7 Å². The fourth-order valence-electron chi connectivity index (χ4n) is 2.31. The zero-order chi connectivity index (χ0) is 13.1. The SMILES string of the molecule is C=CCC1(C)CCCN(C(=O)OC(C)(C)C)C1. The van der Waals surface area contributed by atoms with E-state index in [1.807, 2.05) is 31.7 Å². The number of hydrogen-bond acceptors (Lipinski definition) is 2. The van der Waals surface area contributed by atoms with Crippen molar-refractivity contribution < 1.29 is 9.53 Å². The van der Waals surface area contributed by atoms with Gasteiger partial charge in [-0.15, -0.1) is 6.58 Å². The normalized spacial score (nSPS) is 25.5. The van der Waals surface area contributed by atoms with E-state index in [9.17, 15) is 4.79 Å². The highest BCUT2D eigenvalue weighted by Gasteiger charge is 2.33. The molecule has 3 heteroatoms. The second kappa shape index (κ2) is 5.11. The summed E-state index contributed by atoms with van der Waals surface area (Å²) in [5, 5.41) is 0. The Morgan fingerprint density at radius 3 is 2.71 bits per heavy atom. The predicted octanol–water partition coefficient (Wildman–Crippen LogP) is 3.60. The Labute approximate surface area is 105 Å². The molecule has 1 fully saturated rings. The first-order valence-corrected chi connectivity index (χ1v) is 6.35. The average molecular weight is 239 g/mol. The quantitative estimate of drug-likeness (QED) is 0.689. The van der Waals surface area contributed by atoms with Crippen molar-refractivity contribution in [3.8, 4) is 0 Å². The Bertz CT molecular complexity index is 293. The van der Waals surface area contributed by atoms with E-state index in [1.165, 1.54) is 0 Å². The van der Waals surface area contributed by atoms with E-state index >= 15 is 0 Å². The van der Waals surface area contributed by atoms with E-state index in [1.54, 1.807) is 0 Å². The van der Waals surface area contributed by atoms with Crippen LogP contribution in [0.2, 0.25) is 0 Å². The molecule has 3 nitrogen and oxygen atoms in total. The molecule has 1 rings (SSSR count). The summed E-state index contributed by atoms with van der Waals surface area (Å²) in [5.41, 5.74) is -0.250. The summed E-state index contributed by atoms with van der Waals surface area (Å²) < 4.78 is 5.41. The maximum absolute atomic E-state index is 12.0. The van der Waals surface area contributed by atoms with Gasteiger partial charge in [-0.25, -0.2) is 4.79 Å². The number of rotatable bonds is 2. The first-order valence-electron chi connectivity index (χ1n) is 6.35. The Morgan fingerprint density at radius 2 is 2.18 bits per heavy atom. The first kappa shape index (κ1) is 14.1. The third-order valence-electron chi connectivity index (χ3n) is 3.07. The molecule has 1 heterocycles. The van der Waals surface area contributed by atoms with Gasteiger partial charge in [0.2, 0.25) is 0 Å². The lowest BCUT2D eigenvalue weighted by molar-refractivity contribution is 0.00707. The van der Waals surface area contributed by atoms with E-state index in [0.717, 1.165) is 32.4 Å². The first-order chi connectivity index (χ1) is 7.76. The van der Waals surface area contributed by atoms with Crippen molar-refractivity contribution in [2.45, 2.75) is 52.6 Å². The van der Waals surface area contributed by atoms with E-state index in [4.69, 9.17) is 4.74 Å². The predicted molar refractivity (Wildman–Crippen MR) is 70.0 cm³/mol. The van der Waals surface area contributed by atoms with Gasteiger partial charge in [-0.1, -0.05) is 13.0 Å². The molecule has 1 amide bonds. The number of ether oxygens (including phenoxy) is 1. The van der Waals surface area contributed by atoms with E-state index in [0.29, 0.717) is 0 Å². The molecule has 0 aromatic carbocycles. The molecule has 0 radical (unpaired) electrons. The zero-order valence-corrected chi connectivity index (χ0v) is 11.6. The average Bonchev–Trinajstić information content (AvgIpc) is 2.14. The fourth-order valence-corrected chi connectivity index (χ4v) is 2.31. The molecular weight excluding hydrogens is 214 g/mol. The minimum atomic E-state index is -0.413. The molecule has 0 saturated carbocycles. The van der Waals surface area contributed by atoms with Crippen LogP contribution in [0.5, 0.6) is 0 Å². The smallest absolute Gasteiger partial charge is 0.410 e. The van der Waals surface area contributed by atoms with Crippen LogP contribution in [0, 0.1) is 5.41 Å². The Kier molecular flexibility index (Phi) is 4.23. The topological polar surface area (TPSA) is 29.5 Å². The molecule has 0 bridgehead atoms. The summed E-state index contributed by atoms with van der Waals surface area (Å²) in [6.45, 7) is 13.3. The number of allylic oxidation sites excluding steroid dienone is 1. The lowest BCUT2D eigenvalue weighted by Crippen LogP contribution is -2.46. The number of hydrogen-bond donors (Lipinski definition) is 0. The summed E-state index contributed by atoms with van der Waals surface area (Å²) in [5.74, 6) is 0. The Morgan fingerprint density at radius 1 is 1.53 bits per heavy atom. The van der Waals surface area contributed by atoms with Gasteiger partial charge in [-0.2, -0.15) is 0 Å². The van der Waals surface area contributed by atoms with Gasteiger partial charge < -0.3 is 9.64 Å². The molecule has 0 aromatic heterocycles. The largest absolute Gasteiger partial charge is 0.444 e. The number of amides is 1. The van der Waals surface area contributed by atoms with Crippen LogP contribution in [0.25, 0.3) is 0 Å². The van der Waals surface area contributed by atoms with Crippen molar-refractivity contribution >= 4 is 6.09 Å². The van der Waals surface area contributed by atoms with Gasteiger partial charge in [0.1, 0.15) is 5.60 Å². The monoisotopic (exact) mass is 239 g/mol. The molecule has 0 aliphatic carbocycles. The van der Waals surface area contributed by atoms with Gasteiger partial charge in [0, 0.05) is 13.1 Å². The number of carbonyl (C=O) groups excluding carboxylic acids is 1. The lowest BCUT2D eigenvalue weighted by Gasteiger charge is -2.40. The van der Waals surface area contributed by atoms with Crippen molar-refractivity contribution in [2.24, 2.45) is 5.41 Å². The molecule has 1 aliphatic heterocycles. The molecule has 1 aliphatic rings.